The van der Waals surface area contributed by atoms with Crippen molar-refractivity contribution in [3.63, 3.8) is 0 Å². The lowest BCUT2D eigenvalue weighted by Gasteiger charge is -2.13. The highest BCUT2D eigenvalue weighted by molar-refractivity contribution is 5.79. The summed E-state index contributed by atoms with van der Waals surface area (Å²) >= 11 is 0. The predicted molar refractivity (Wildman–Crippen MR) is 90.2 cm³/mol. The lowest BCUT2D eigenvalue weighted by molar-refractivity contribution is 0.392. The molecule has 2 N–H and O–H groups in total. The van der Waals surface area contributed by atoms with E-state index in [2.05, 4.69) is 20.8 Å². The Kier molecular flexibility index (Phi) is 6.74. The number of hydrogen-bond donors (Lipinski definition) is 2. The minimum absolute atomic E-state index is 0.838. The van der Waals surface area contributed by atoms with Gasteiger partial charge in [-0.1, -0.05) is 30.8 Å². The molecule has 0 aromatic carbocycles. The van der Waals surface area contributed by atoms with Crippen LogP contribution >= 0.6 is 0 Å². The summed E-state index contributed by atoms with van der Waals surface area (Å²) in [6.07, 6.45) is 9.23. The SMILES string of the molecule is CN=C(NCCCC1CCCC1)NCCc1c(C)noc1C. The molecule has 1 aliphatic rings. The van der Waals surface area contributed by atoms with Crippen LogP contribution in [0.5, 0.6) is 0 Å². The summed E-state index contributed by atoms with van der Waals surface area (Å²) in [6.45, 7) is 5.79. The maximum atomic E-state index is 5.18. The van der Waals surface area contributed by atoms with Gasteiger partial charge in [-0.15, -0.1) is 0 Å². The van der Waals surface area contributed by atoms with Crippen molar-refractivity contribution in [1.82, 2.24) is 15.8 Å². The number of aromatic nitrogens is 1. The van der Waals surface area contributed by atoms with Gasteiger partial charge in [-0.2, -0.15) is 0 Å². The highest BCUT2D eigenvalue weighted by atomic mass is 16.5. The molecule has 1 aromatic heterocycles. The van der Waals surface area contributed by atoms with Crippen molar-refractivity contribution in [3.05, 3.63) is 17.0 Å². The molecule has 0 radical (unpaired) electrons. The van der Waals surface area contributed by atoms with Gasteiger partial charge in [-0.3, -0.25) is 4.99 Å². The van der Waals surface area contributed by atoms with Crippen molar-refractivity contribution < 1.29 is 4.52 Å². The third-order valence-corrected chi connectivity index (χ3v) is 4.63. The topological polar surface area (TPSA) is 62.5 Å². The molecule has 1 aromatic rings. The van der Waals surface area contributed by atoms with E-state index in [0.29, 0.717) is 0 Å². The molecular formula is C17H30N4O. The smallest absolute Gasteiger partial charge is 0.190 e. The van der Waals surface area contributed by atoms with Crippen molar-refractivity contribution in [3.8, 4) is 0 Å². The fraction of sp³-hybridized carbons (Fsp3) is 0.765. The first-order valence-electron chi connectivity index (χ1n) is 8.57. The lowest BCUT2D eigenvalue weighted by Crippen LogP contribution is -2.38. The third kappa shape index (κ3) is 5.04. The normalized spacial score (nSPS) is 16.2. The van der Waals surface area contributed by atoms with Gasteiger partial charge in [0.05, 0.1) is 5.69 Å². The highest BCUT2D eigenvalue weighted by Gasteiger charge is 2.14. The monoisotopic (exact) mass is 306 g/mol. The molecule has 0 amide bonds. The minimum Gasteiger partial charge on any atom is -0.361 e. The zero-order valence-corrected chi connectivity index (χ0v) is 14.2. The number of aliphatic imine (C=N–C) groups is 1. The van der Waals surface area contributed by atoms with Crippen LogP contribution < -0.4 is 10.6 Å². The van der Waals surface area contributed by atoms with E-state index in [9.17, 15) is 0 Å². The Labute approximate surface area is 133 Å². The molecule has 0 aliphatic heterocycles. The number of guanidine groups is 1. The Hall–Kier alpha value is -1.52. The maximum absolute atomic E-state index is 5.18. The second-order valence-electron chi connectivity index (χ2n) is 6.27. The van der Waals surface area contributed by atoms with E-state index in [-0.39, 0.29) is 0 Å². The Balaban J connectivity index is 1.60. The van der Waals surface area contributed by atoms with E-state index in [1.165, 1.54) is 44.1 Å². The standard InChI is InChI=1S/C17H30N4O/c1-13-16(14(2)22-21-13)10-12-20-17(18-3)19-11-6-9-15-7-4-5-8-15/h15H,4-12H2,1-3H3,(H2,18,19,20). The Morgan fingerprint density at radius 3 is 2.59 bits per heavy atom. The summed E-state index contributed by atoms with van der Waals surface area (Å²) in [5.41, 5.74) is 2.18. The number of hydrogen-bond acceptors (Lipinski definition) is 3. The van der Waals surface area contributed by atoms with Gasteiger partial charge in [0, 0.05) is 25.7 Å². The number of aryl methyl sites for hydroxylation is 2. The predicted octanol–water partition coefficient (Wildman–Crippen LogP) is 2.97. The minimum atomic E-state index is 0.838. The molecular weight excluding hydrogens is 276 g/mol. The first-order chi connectivity index (χ1) is 10.7. The Bertz CT molecular complexity index is 456. The van der Waals surface area contributed by atoms with Crippen molar-refractivity contribution >= 4 is 5.96 Å². The largest absolute Gasteiger partial charge is 0.361 e. The van der Waals surface area contributed by atoms with Crippen molar-refractivity contribution in [2.75, 3.05) is 20.1 Å². The van der Waals surface area contributed by atoms with Crippen LogP contribution in [0.2, 0.25) is 0 Å². The van der Waals surface area contributed by atoms with Gasteiger partial charge in [0.25, 0.3) is 0 Å². The van der Waals surface area contributed by atoms with Crippen LogP contribution in [-0.4, -0.2) is 31.3 Å². The van der Waals surface area contributed by atoms with Crippen LogP contribution in [0.15, 0.2) is 9.52 Å². The van der Waals surface area contributed by atoms with E-state index in [1.807, 2.05) is 20.9 Å². The summed E-state index contributed by atoms with van der Waals surface area (Å²) in [4.78, 5) is 4.28. The number of nitrogens with zero attached hydrogens (tertiary/aromatic N) is 2. The summed E-state index contributed by atoms with van der Waals surface area (Å²) in [7, 11) is 1.82. The van der Waals surface area contributed by atoms with E-state index in [1.54, 1.807) is 0 Å². The quantitative estimate of drug-likeness (QED) is 0.462. The first-order valence-corrected chi connectivity index (χ1v) is 8.57. The van der Waals surface area contributed by atoms with Crippen LogP contribution in [0, 0.1) is 19.8 Å². The molecule has 1 aliphatic carbocycles. The molecule has 0 saturated heterocycles. The van der Waals surface area contributed by atoms with Gasteiger partial charge in [0.15, 0.2) is 5.96 Å². The van der Waals surface area contributed by atoms with Crippen LogP contribution in [0.4, 0.5) is 0 Å². The van der Waals surface area contributed by atoms with Crippen LogP contribution in [0.1, 0.15) is 55.5 Å². The molecule has 22 heavy (non-hydrogen) atoms. The molecule has 0 atom stereocenters. The average molecular weight is 306 g/mol. The van der Waals surface area contributed by atoms with Gasteiger partial charge in [0.2, 0.25) is 0 Å². The van der Waals surface area contributed by atoms with E-state index >= 15 is 0 Å². The summed E-state index contributed by atoms with van der Waals surface area (Å²) in [6, 6.07) is 0. The zero-order chi connectivity index (χ0) is 15.8. The maximum Gasteiger partial charge on any atom is 0.190 e. The second-order valence-corrected chi connectivity index (χ2v) is 6.27. The average Bonchev–Trinajstić information content (AvgIpc) is 3.14. The molecule has 0 bridgehead atoms. The molecule has 124 valence electrons. The van der Waals surface area contributed by atoms with Crippen molar-refractivity contribution in [2.45, 2.75) is 58.8 Å². The van der Waals surface area contributed by atoms with Gasteiger partial charge >= 0.3 is 0 Å². The van der Waals surface area contributed by atoms with Crippen LogP contribution in [-0.2, 0) is 6.42 Å². The number of nitrogens with one attached hydrogen (secondary N) is 2. The molecule has 0 spiro atoms. The summed E-state index contributed by atoms with van der Waals surface area (Å²) in [5.74, 6) is 2.77. The fourth-order valence-corrected chi connectivity index (χ4v) is 3.28. The highest BCUT2D eigenvalue weighted by Crippen LogP contribution is 2.28. The second kappa shape index (κ2) is 8.81. The third-order valence-electron chi connectivity index (χ3n) is 4.63. The van der Waals surface area contributed by atoms with Gasteiger partial charge in [0.1, 0.15) is 5.76 Å². The van der Waals surface area contributed by atoms with E-state index < -0.39 is 0 Å². The zero-order valence-electron chi connectivity index (χ0n) is 14.2. The molecule has 2 rings (SSSR count). The van der Waals surface area contributed by atoms with Crippen LogP contribution in [0.3, 0.4) is 0 Å². The number of rotatable bonds is 7. The van der Waals surface area contributed by atoms with E-state index in [4.69, 9.17) is 4.52 Å². The molecule has 5 nitrogen and oxygen atoms in total. The van der Waals surface area contributed by atoms with Crippen molar-refractivity contribution in [1.29, 1.82) is 0 Å². The van der Waals surface area contributed by atoms with E-state index in [0.717, 1.165) is 42.8 Å². The summed E-state index contributed by atoms with van der Waals surface area (Å²) in [5, 5.41) is 10.7. The molecule has 0 unspecified atom stereocenters. The Morgan fingerprint density at radius 2 is 1.95 bits per heavy atom. The van der Waals surface area contributed by atoms with Gasteiger partial charge in [-0.05, 0) is 39.0 Å². The molecule has 5 heteroatoms. The Morgan fingerprint density at radius 1 is 1.23 bits per heavy atom. The molecule has 1 saturated carbocycles. The van der Waals surface area contributed by atoms with Gasteiger partial charge in [-0.25, -0.2) is 0 Å². The lowest BCUT2D eigenvalue weighted by atomic mass is 10.0. The van der Waals surface area contributed by atoms with Crippen molar-refractivity contribution in [2.24, 2.45) is 10.9 Å². The van der Waals surface area contributed by atoms with Crippen LogP contribution in [0.25, 0.3) is 0 Å². The first kappa shape index (κ1) is 16.8. The fourth-order valence-electron chi connectivity index (χ4n) is 3.28. The van der Waals surface area contributed by atoms with Gasteiger partial charge < -0.3 is 15.2 Å². The summed E-state index contributed by atoms with van der Waals surface area (Å²) < 4.78 is 5.18. The molecule has 1 fully saturated rings. The molecule has 1 heterocycles.